The van der Waals surface area contributed by atoms with Crippen LogP contribution in [0, 0.1) is 12.3 Å². The van der Waals surface area contributed by atoms with Gasteiger partial charge in [0.1, 0.15) is 5.56 Å². The number of carbonyl (C=O) groups excluding carboxylic acids is 1. The molecule has 0 aliphatic heterocycles. The molecule has 0 saturated heterocycles. The Morgan fingerprint density at radius 2 is 2.25 bits per heavy atom. The standard InChI is InChI=1S/C14H10ClN3O2/c1-3-8-9(5-4-6-11(8)15)13-17-7-10(12(16)19)14(18-13)20-2/h1,4-7H,2H3,(H2,16,19). The summed E-state index contributed by atoms with van der Waals surface area (Å²) in [6, 6.07) is 5.14. The smallest absolute Gasteiger partial charge is 0.255 e. The van der Waals surface area contributed by atoms with Crippen molar-refractivity contribution in [1.29, 1.82) is 0 Å². The van der Waals surface area contributed by atoms with Crippen molar-refractivity contribution in [2.24, 2.45) is 5.73 Å². The number of amides is 1. The Morgan fingerprint density at radius 1 is 1.50 bits per heavy atom. The molecule has 0 bridgehead atoms. The number of hydrogen-bond donors (Lipinski definition) is 1. The second-order valence-corrected chi connectivity index (χ2v) is 4.19. The lowest BCUT2D eigenvalue weighted by Gasteiger charge is -2.08. The van der Waals surface area contributed by atoms with Crippen LogP contribution in [0.4, 0.5) is 0 Å². The largest absolute Gasteiger partial charge is 0.480 e. The molecule has 2 rings (SSSR count). The molecule has 1 aromatic heterocycles. The lowest BCUT2D eigenvalue weighted by molar-refractivity contribution is 0.0996. The zero-order valence-electron chi connectivity index (χ0n) is 10.6. The quantitative estimate of drug-likeness (QED) is 0.874. The molecule has 1 amide bonds. The minimum absolute atomic E-state index is 0.0884. The molecule has 2 aromatic rings. The van der Waals surface area contributed by atoms with Crippen molar-refractivity contribution in [3.05, 3.63) is 40.5 Å². The fraction of sp³-hybridized carbons (Fsp3) is 0.0714. The zero-order valence-corrected chi connectivity index (χ0v) is 11.3. The van der Waals surface area contributed by atoms with Crippen LogP contribution in [-0.4, -0.2) is 23.0 Å². The highest BCUT2D eigenvalue weighted by Crippen LogP contribution is 2.27. The first-order chi connectivity index (χ1) is 9.58. The number of ether oxygens (including phenoxy) is 1. The monoisotopic (exact) mass is 287 g/mol. The van der Waals surface area contributed by atoms with Gasteiger partial charge < -0.3 is 10.5 Å². The summed E-state index contributed by atoms with van der Waals surface area (Å²) >= 11 is 6.03. The first-order valence-electron chi connectivity index (χ1n) is 5.54. The van der Waals surface area contributed by atoms with Crippen molar-refractivity contribution >= 4 is 17.5 Å². The van der Waals surface area contributed by atoms with Gasteiger partial charge in [-0.15, -0.1) is 6.42 Å². The summed E-state index contributed by atoms with van der Waals surface area (Å²) in [4.78, 5) is 19.4. The van der Waals surface area contributed by atoms with Crippen LogP contribution in [0.2, 0.25) is 5.02 Å². The maximum absolute atomic E-state index is 11.2. The second-order valence-electron chi connectivity index (χ2n) is 3.79. The lowest BCUT2D eigenvalue weighted by atomic mass is 10.1. The molecule has 0 aliphatic carbocycles. The number of rotatable bonds is 3. The van der Waals surface area contributed by atoms with E-state index >= 15 is 0 Å². The van der Waals surface area contributed by atoms with Crippen LogP contribution in [0.5, 0.6) is 5.88 Å². The van der Waals surface area contributed by atoms with Gasteiger partial charge in [-0.2, -0.15) is 4.98 Å². The third kappa shape index (κ3) is 2.42. The summed E-state index contributed by atoms with van der Waals surface area (Å²) in [6.45, 7) is 0. The second kappa shape index (κ2) is 5.59. The summed E-state index contributed by atoms with van der Waals surface area (Å²) < 4.78 is 5.04. The Bertz CT molecular complexity index is 723. The Balaban J connectivity index is 2.64. The summed E-state index contributed by atoms with van der Waals surface area (Å²) in [5.41, 5.74) is 6.36. The Morgan fingerprint density at radius 3 is 2.85 bits per heavy atom. The molecule has 0 radical (unpaired) electrons. The van der Waals surface area contributed by atoms with Gasteiger partial charge in [-0.05, 0) is 12.1 Å². The van der Waals surface area contributed by atoms with E-state index in [1.165, 1.54) is 13.3 Å². The number of nitrogens with two attached hydrogens (primary N) is 1. The molecule has 1 heterocycles. The minimum Gasteiger partial charge on any atom is -0.480 e. The first kappa shape index (κ1) is 13.8. The van der Waals surface area contributed by atoms with E-state index in [1.807, 2.05) is 0 Å². The van der Waals surface area contributed by atoms with Crippen LogP contribution < -0.4 is 10.5 Å². The molecule has 0 saturated carbocycles. The number of benzene rings is 1. The van der Waals surface area contributed by atoms with E-state index in [2.05, 4.69) is 15.9 Å². The zero-order chi connectivity index (χ0) is 14.7. The van der Waals surface area contributed by atoms with Gasteiger partial charge in [0.15, 0.2) is 5.82 Å². The van der Waals surface area contributed by atoms with Crippen LogP contribution in [0.15, 0.2) is 24.4 Å². The fourth-order valence-electron chi connectivity index (χ4n) is 1.68. The van der Waals surface area contributed by atoms with E-state index in [0.717, 1.165) is 0 Å². The topological polar surface area (TPSA) is 78.1 Å². The average Bonchev–Trinajstić information content (AvgIpc) is 2.46. The molecule has 0 aliphatic rings. The molecule has 0 unspecified atom stereocenters. The van der Waals surface area contributed by atoms with E-state index < -0.39 is 5.91 Å². The van der Waals surface area contributed by atoms with Crippen molar-refractivity contribution in [3.8, 4) is 29.6 Å². The Kier molecular flexibility index (Phi) is 3.87. The average molecular weight is 288 g/mol. The molecule has 20 heavy (non-hydrogen) atoms. The summed E-state index contributed by atoms with van der Waals surface area (Å²) in [7, 11) is 1.39. The molecule has 5 nitrogen and oxygen atoms in total. The number of terminal acetylenes is 1. The molecular weight excluding hydrogens is 278 g/mol. The third-order valence-electron chi connectivity index (χ3n) is 2.61. The summed E-state index contributed by atoms with van der Waals surface area (Å²) in [5, 5.41) is 0.423. The molecule has 1 aromatic carbocycles. The van der Waals surface area contributed by atoms with E-state index in [9.17, 15) is 4.79 Å². The van der Waals surface area contributed by atoms with Crippen LogP contribution >= 0.6 is 11.6 Å². The molecule has 100 valence electrons. The van der Waals surface area contributed by atoms with Crippen molar-refractivity contribution in [3.63, 3.8) is 0 Å². The fourth-order valence-corrected chi connectivity index (χ4v) is 1.91. The van der Waals surface area contributed by atoms with Crippen LogP contribution in [0.3, 0.4) is 0 Å². The minimum atomic E-state index is -0.670. The van der Waals surface area contributed by atoms with Crippen LogP contribution in [-0.2, 0) is 0 Å². The van der Waals surface area contributed by atoms with Gasteiger partial charge in [0.25, 0.3) is 5.91 Å². The molecule has 2 N–H and O–H groups in total. The van der Waals surface area contributed by atoms with Crippen molar-refractivity contribution < 1.29 is 9.53 Å². The summed E-state index contributed by atoms with van der Waals surface area (Å²) in [5.74, 6) is 2.22. The highest BCUT2D eigenvalue weighted by molar-refractivity contribution is 6.32. The van der Waals surface area contributed by atoms with E-state index in [1.54, 1.807) is 18.2 Å². The van der Waals surface area contributed by atoms with Crippen LogP contribution in [0.25, 0.3) is 11.4 Å². The van der Waals surface area contributed by atoms with E-state index in [-0.39, 0.29) is 11.4 Å². The van der Waals surface area contributed by atoms with Gasteiger partial charge in [-0.3, -0.25) is 4.79 Å². The van der Waals surface area contributed by atoms with Gasteiger partial charge in [-0.1, -0.05) is 23.6 Å². The number of nitrogens with zero attached hydrogens (tertiary/aromatic N) is 2. The highest BCUT2D eigenvalue weighted by Gasteiger charge is 2.15. The van der Waals surface area contributed by atoms with Crippen molar-refractivity contribution in [2.75, 3.05) is 7.11 Å². The molecule has 0 spiro atoms. The van der Waals surface area contributed by atoms with Gasteiger partial charge in [0.05, 0.1) is 17.7 Å². The number of primary amides is 1. The number of aromatic nitrogens is 2. The van der Waals surface area contributed by atoms with E-state index in [0.29, 0.717) is 22.0 Å². The number of carbonyl (C=O) groups is 1. The lowest BCUT2D eigenvalue weighted by Crippen LogP contribution is -2.14. The van der Waals surface area contributed by atoms with Gasteiger partial charge >= 0.3 is 0 Å². The van der Waals surface area contributed by atoms with Crippen LogP contribution in [0.1, 0.15) is 15.9 Å². The first-order valence-corrected chi connectivity index (χ1v) is 5.92. The number of methoxy groups -OCH3 is 1. The number of hydrogen-bond acceptors (Lipinski definition) is 4. The Hall–Kier alpha value is -2.58. The van der Waals surface area contributed by atoms with Gasteiger partial charge in [-0.25, -0.2) is 4.98 Å². The number of halogens is 1. The maximum atomic E-state index is 11.2. The maximum Gasteiger partial charge on any atom is 0.255 e. The highest BCUT2D eigenvalue weighted by atomic mass is 35.5. The molecular formula is C14H10ClN3O2. The predicted octanol–water partition coefficient (Wildman–Crippen LogP) is 1.89. The Labute approximate surface area is 120 Å². The predicted molar refractivity (Wildman–Crippen MR) is 75.5 cm³/mol. The van der Waals surface area contributed by atoms with Crippen molar-refractivity contribution in [1.82, 2.24) is 9.97 Å². The van der Waals surface area contributed by atoms with Gasteiger partial charge in [0, 0.05) is 11.8 Å². The molecule has 0 atom stereocenters. The SMILES string of the molecule is C#Cc1c(Cl)cccc1-c1ncc(C(N)=O)c(OC)n1. The van der Waals surface area contributed by atoms with Crippen molar-refractivity contribution in [2.45, 2.75) is 0 Å². The van der Waals surface area contributed by atoms with E-state index in [4.69, 9.17) is 28.5 Å². The molecule has 6 heteroatoms. The normalized spacial score (nSPS) is 9.85. The molecule has 0 fully saturated rings. The third-order valence-corrected chi connectivity index (χ3v) is 2.93. The van der Waals surface area contributed by atoms with Gasteiger partial charge in [0.2, 0.25) is 5.88 Å². The summed E-state index contributed by atoms with van der Waals surface area (Å²) in [6.07, 6.45) is 6.74.